The van der Waals surface area contributed by atoms with Crippen LogP contribution in [0.25, 0.3) is 0 Å². The molecular formula is C8H11Cl5. The molecule has 0 amide bonds. The van der Waals surface area contributed by atoms with E-state index in [9.17, 15) is 0 Å². The fraction of sp³-hybridized carbons (Fsp3) is 0.750. The quantitative estimate of drug-likeness (QED) is 0.667. The maximum Gasteiger partial charge on any atom is 0.0692 e. The fourth-order valence-corrected chi connectivity index (χ4v) is 2.06. The molecule has 5 heteroatoms. The lowest BCUT2D eigenvalue weighted by molar-refractivity contribution is 0.682. The Morgan fingerprint density at radius 2 is 1.31 bits per heavy atom. The van der Waals surface area contributed by atoms with Crippen LogP contribution in [0.15, 0.2) is 0 Å². The third-order valence-electron chi connectivity index (χ3n) is 1.58. The average molecular weight is 284 g/mol. The topological polar surface area (TPSA) is 0 Å². The van der Waals surface area contributed by atoms with Crippen LogP contribution in [0.1, 0.15) is 6.42 Å². The summed E-state index contributed by atoms with van der Waals surface area (Å²) < 4.78 is 0. The molecule has 0 aliphatic heterocycles. The van der Waals surface area contributed by atoms with Crippen LogP contribution >= 0.6 is 58.0 Å². The van der Waals surface area contributed by atoms with Gasteiger partial charge in [0.2, 0.25) is 0 Å². The Bertz CT molecular complexity index is 138. The first-order valence-electron chi connectivity index (χ1n) is 3.74. The van der Waals surface area contributed by atoms with E-state index < -0.39 is 21.5 Å². The summed E-state index contributed by atoms with van der Waals surface area (Å²) in [5.41, 5.74) is 0. The van der Waals surface area contributed by atoms with Gasteiger partial charge in [-0.15, -0.1) is 58.0 Å². The van der Waals surface area contributed by atoms with Crippen molar-refractivity contribution in [2.45, 2.75) is 33.3 Å². The molecule has 5 atom stereocenters. The molecule has 0 heterocycles. The Labute approximate surface area is 105 Å². The summed E-state index contributed by atoms with van der Waals surface area (Å²) in [6, 6.07) is 0. The number of hydrogen-bond donors (Lipinski definition) is 0. The molecule has 0 spiro atoms. The van der Waals surface area contributed by atoms with E-state index in [1.54, 1.807) is 0 Å². The molecule has 5 unspecified atom stereocenters. The highest BCUT2D eigenvalue weighted by molar-refractivity contribution is 6.40. The first-order chi connectivity index (χ1) is 5.91. The Kier molecular flexibility index (Phi) is 7.61. The summed E-state index contributed by atoms with van der Waals surface area (Å²) in [6.45, 7) is 7.19. The van der Waals surface area contributed by atoms with Crippen LogP contribution < -0.4 is 0 Å². The summed E-state index contributed by atoms with van der Waals surface area (Å²) in [7, 11) is 0. The van der Waals surface area contributed by atoms with Crippen molar-refractivity contribution >= 4 is 58.0 Å². The van der Waals surface area contributed by atoms with E-state index in [0.717, 1.165) is 0 Å². The monoisotopic (exact) mass is 282 g/mol. The molecule has 0 saturated heterocycles. The number of rotatable bonds is 5. The highest BCUT2D eigenvalue weighted by Crippen LogP contribution is 2.28. The van der Waals surface area contributed by atoms with Gasteiger partial charge in [-0.1, -0.05) is 6.92 Å². The van der Waals surface area contributed by atoms with Gasteiger partial charge in [0.15, 0.2) is 0 Å². The third kappa shape index (κ3) is 4.66. The zero-order chi connectivity index (χ0) is 10.6. The van der Waals surface area contributed by atoms with Gasteiger partial charge < -0.3 is 0 Å². The molecule has 0 aliphatic rings. The summed E-state index contributed by atoms with van der Waals surface area (Å²) in [5.74, 6) is 0. The molecule has 78 valence electrons. The molecule has 0 bridgehead atoms. The molecule has 2 radical (unpaired) electrons. The molecule has 0 aliphatic carbocycles. The maximum atomic E-state index is 5.95. The van der Waals surface area contributed by atoms with Crippen LogP contribution in [0.2, 0.25) is 0 Å². The highest BCUT2D eigenvalue weighted by Gasteiger charge is 2.31. The van der Waals surface area contributed by atoms with E-state index in [2.05, 4.69) is 13.8 Å². The first kappa shape index (κ1) is 14.5. The van der Waals surface area contributed by atoms with Gasteiger partial charge in [0, 0.05) is 0 Å². The summed E-state index contributed by atoms with van der Waals surface area (Å²) in [5, 5.41) is -2.25. The summed E-state index contributed by atoms with van der Waals surface area (Å²) in [6.07, 6.45) is 0.493. The zero-order valence-corrected chi connectivity index (χ0v) is 10.7. The predicted molar refractivity (Wildman–Crippen MR) is 63.5 cm³/mol. The van der Waals surface area contributed by atoms with Crippen molar-refractivity contribution in [1.82, 2.24) is 0 Å². The normalized spacial score (nSPS) is 23.3. The predicted octanol–water partition coefficient (Wildman–Crippen LogP) is 4.08. The van der Waals surface area contributed by atoms with E-state index in [1.165, 1.54) is 0 Å². The minimum absolute atomic E-state index is 0.305. The fourth-order valence-electron chi connectivity index (χ4n) is 0.734. The molecule has 0 N–H and O–H groups in total. The second-order valence-corrected chi connectivity index (χ2v) is 5.29. The Hall–Kier alpha value is 1.45. The standard InChI is InChI=1S/C8H11Cl5/c1-3-5(10)7(12)8(13)6(11)4(2)9/h4-8H,1-3H2. The largest absolute Gasteiger partial charge is 0.121 e. The van der Waals surface area contributed by atoms with Crippen molar-refractivity contribution in [3.05, 3.63) is 13.8 Å². The van der Waals surface area contributed by atoms with Gasteiger partial charge in [-0.2, -0.15) is 0 Å². The van der Waals surface area contributed by atoms with E-state index >= 15 is 0 Å². The van der Waals surface area contributed by atoms with Gasteiger partial charge >= 0.3 is 0 Å². The van der Waals surface area contributed by atoms with Crippen molar-refractivity contribution in [3.63, 3.8) is 0 Å². The lowest BCUT2D eigenvalue weighted by Gasteiger charge is -2.25. The average Bonchev–Trinajstić information content (AvgIpc) is 2.12. The molecule has 0 fully saturated rings. The summed E-state index contributed by atoms with van der Waals surface area (Å²) in [4.78, 5) is 0. The zero-order valence-electron chi connectivity index (χ0n) is 6.90. The number of hydrogen-bond acceptors (Lipinski definition) is 0. The van der Waals surface area contributed by atoms with Crippen LogP contribution in [-0.2, 0) is 0 Å². The van der Waals surface area contributed by atoms with Gasteiger partial charge in [-0.3, -0.25) is 0 Å². The Morgan fingerprint density at radius 1 is 0.846 bits per heavy atom. The molecule has 0 aromatic carbocycles. The van der Waals surface area contributed by atoms with E-state index in [4.69, 9.17) is 58.0 Å². The van der Waals surface area contributed by atoms with Crippen LogP contribution in [0, 0.1) is 13.8 Å². The maximum absolute atomic E-state index is 5.95. The van der Waals surface area contributed by atoms with Gasteiger partial charge in [-0.25, -0.2) is 0 Å². The number of halogens is 5. The van der Waals surface area contributed by atoms with Crippen LogP contribution in [0.5, 0.6) is 0 Å². The van der Waals surface area contributed by atoms with Crippen molar-refractivity contribution in [1.29, 1.82) is 0 Å². The molecule has 0 aromatic heterocycles. The number of alkyl halides is 5. The SMILES string of the molecule is [CH2]CC(Cl)C(Cl)C(Cl)C(Cl)C([CH2])Cl. The van der Waals surface area contributed by atoms with E-state index in [0.29, 0.717) is 6.42 Å². The Balaban J connectivity index is 4.15. The molecule has 13 heavy (non-hydrogen) atoms. The molecule has 0 rings (SSSR count). The third-order valence-corrected chi connectivity index (χ3v) is 4.55. The second kappa shape index (κ2) is 6.85. The van der Waals surface area contributed by atoms with Crippen molar-refractivity contribution in [2.24, 2.45) is 0 Å². The smallest absolute Gasteiger partial charge is 0.0692 e. The second-order valence-electron chi connectivity index (χ2n) is 2.65. The van der Waals surface area contributed by atoms with E-state index in [-0.39, 0.29) is 5.38 Å². The van der Waals surface area contributed by atoms with Crippen LogP contribution in [0.3, 0.4) is 0 Å². The molecule has 0 aromatic rings. The van der Waals surface area contributed by atoms with Gasteiger partial charge in [-0.05, 0) is 13.3 Å². The lowest BCUT2D eigenvalue weighted by atomic mass is 10.1. The highest BCUT2D eigenvalue weighted by atomic mass is 35.5. The minimum atomic E-state index is -0.507. The molecular weight excluding hydrogens is 273 g/mol. The van der Waals surface area contributed by atoms with Crippen molar-refractivity contribution in [3.8, 4) is 0 Å². The lowest BCUT2D eigenvalue weighted by Crippen LogP contribution is -2.36. The van der Waals surface area contributed by atoms with Crippen molar-refractivity contribution < 1.29 is 0 Å². The Morgan fingerprint density at radius 3 is 1.62 bits per heavy atom. The molecule has 0 saturated carbocycles. The minimum Gasteiger partial charge on any atom is -0.121 e. The van der Waals surface area contributed by atoms with Gasteiger partial charge in [0.05, 0.1) is 26.9 Å². The van der Waals surface area contributed by atoms with E-state index in [1.807, 2.05) is 0 Å². The van der Waals surface area contributed by atoms with Crippen molar-refractivity contribution in [2.75, 3.05) is 0 Å². The first-order valence-corrected chi connectivity index (χ1v) is 5.92. The van der Waals surface area contributed by atoms with Crippen LogP contribution in [0.4, 0.5) is 0 Å². The summed E-state index contributed by atoms with van der Waals surface area (Å²) >= 11 is 29.3. The van der Waals surface area contributed by atoms with Crippen LogP contribution in [-0.4, -0.2) is 26.9 Å². The van der Waals surface area contributed by atoms with Gasteiger partial charge in [0.1, 0.15) is 0 Å². The molecule has 0 nitrogen and oxygen atoms in total. The van der Waals surface area contributed by atoms with Gasteiger partial charge in [0.25, 0.3) is 0 Å².